The lowest BCUT2D eigenvalue weighted by Crippen LogP contribution is -2.30. The molecule has 0 unspecified atom stereocenters. The summed E-state index contributed by atoms with van der Waals surface area (Å²) < 4.78 is 10.2. The Morgan fingerprint density at radius 1 is 1.00 bits per heavy atom. The van der Waals surface area contributed by atoms with Crippen LogP contribution in [-0.2, 0) is 14.3 Å². The number of rotatable bonds is 7. The van der Waals surface area contributed by atoms with Crippen LogP contribution in [0.3, 0.4) is 0 Å². The molecule has 1 amide bonds. The predicted molar refractivity (Wildman–Crippen MR) is 113 cm³/mol. The molecule has 3 rings (SSSR count). The molecule has 0 spiro atoms. The van der Waals surface area contributed by atoms with Crippen molar-refractivity contribution in [2.75, 3.05) is 13.7 Å². The van der Waals surface area contributed by atoms with E-state index in [0.29, 0.717) is 0 Å². The lowest BCUT2D eigenvalue weighted by molar-refractivity contribution is -0.144. The van der Waals surface area contributed by atoms with E-state index in [9.17, 15) is 9.59 Å². The van der Waals surface area contributed by atoms with Gasteiger partial charge in [0.05, 0.1) is 13.2 Å². The van der Waals surface area contributed by atoms with Crippen LogP contribution in [0.5, 0.6) is 5.75 Å². The average molecular weight is 389 g/mol. The molecule has 29 heavy (non-hydrogen) atoms. The molecule has 3 aromatic rings. The zero-order valence-corrected chi connectivity index (χ0v) is 16.4. The Kier molecular flexibility index (Phi) is 6.63. The summed E-state index contributed by atoms with van der Waals surface area (Å²) in [5.74, 6) is -0.116. The Morgan fingerprint density at radius 2 is 1.72 bits per heavy atom. The molecule has 0 aliphatic rings. The minimum atomic E-state index is -0.567. The van der Waals surface area contributed by atoms with Crippen LogP contribution in [0.2, 0.25) is 0 Å². The Morgan fingerprint density at radius 3 is 2.48 bits per heavy atom. The maximum absolute atomic E-state index is 12.0. The maximum atomic E-state index is 12.0. The first-order valence-electron chi connectivity index (χ1n) is 9.32. The van der Waals surface area contributed by atoms with E-state index in [4.69, 9.17) is 9.47 Å². The van der Waals surface area contributed by atoms with Gasteiger partial charge in [0.1, 0.15) is 5.75 Å². The fraction of sp³-hybridized carbons (Fsp3) is 0.167. The number of hydrogen-bond acceptors (Lipinski definition) is 4. The number of carbonyl (C=O) groups excluding carboxylic acids is 2. The number of hydrogen-bond donors (Lipinski definition) is 1. The molecule has 0 aliphatic carbocycles. The van der Waals surface area contributed by atoms with Crippen LogP contribution in [0.1, 0.15) is 24.1 Å². The van der Waals surface area contributed by atoms with Gasteiger partial charge in [-0.3, -0.25) is 4.79 Å². The first-order valence-corrected chi connectivity index (χ1v) is 9.32. The molecule has 148 valence electrons. The quantitative estimate of drug-likeness (QED) is 0.484. The van der Waals surface area contributed by atoms with E-state index in [1.165, 1.54) is 6.08 Å². The van der Waals surface area contributed by atoms with Crippen LogP contribution >= 0.6 is 0 Å². The largest absolute Gasteiger partial charge is 0.497 e. The van der Waals surface area contributed by atoms with E-state index >= 15 is 0 Å². The molecule has 0 aliphatic heterocycles. The van der Waals surface area contributed by atoms with Crippen LogP contribution in [0.25, 0.3) is 16.8 Å². The van der Waals surface area contributed by atoms with Crippen molar-refractivity contribution in [1.29, 1.82) is 0 Å². The Balaban J connectivity index is 1.51. The van der Waals surface area contributed by atoms with Gasteiger partial charge in [-0.2, -0.15) is 0 Å². The molecule has 0 saturated heterocycles. The summed E-state index contributed by atoms with van der Waals surface area (Å²) in [6.45, 7) is 1.56. The number of ether oxygens (including phenoxy) is 2. The third kappa shape index (κ3) is 5.69. The van der Waals surface area contributed by atoms with Crippen molar-refractivity contribution in [3.05, 3.63) is 83.9 Å². The number of fused-ring (bicyclic) bond motifs is 1. The number of esters is 1. The SMILES string of the molecule is COc1ccc2cc(/C=C/C(=O)OCC(=O)N[C@@H](C)c3ccccc3)ccc2c1. The van der Waals surface area contributed by atoms with Gasteiger partial charge in [-0.15, -0.1) is 0 Å². The van der Waals surface area contributed by atoms with Gasteiger partial charge in [0, 0.05) is 6.08 Å². The maximum Gasteiger partial charge on any atom is 0.331 e. The van der Waals surface area contributed by atoms with E-state index in [1.807, 2.05) is 73.7 Å². The number of benzene rings is 3. The number of nitrogens with one attached hydrogen (secondary N) is 1. The monoisotopic (exact) mass is 389 g/mol. The van der Waals surface area contributed by atoms with Gasteiger partial charge in [-0.05, 0) is 53.1 Å². The van der Waals surface area contributed by atoms with E-state index in [0.717, 1.165) is 27.6 Å². The molecule has 3 aromatic carbocycles. The van der Waals surface area contributed by atoms with Gasteiger partial charge in [0.15, 0.2) is 6.61 Å². The van der Waals surface area contributed by atoms with Crippen LogP contribution in [0, 0.1) is 0 Å². The summed E-state index contributed by atoms with van der Waals surface area (Å²) in [7, 11) is 1.63. The molecule has 0 aromatic heterocycles. The fourth-order valence-corrected chi connectivity index (χ4v) is 2.93. The average Bonchev–Trinajstić information content (AvgIpc) is 2.76. The van der Waals surface area contributed by atoms with Gasteiger partial charge in [0.2, 0.25) is 0 Å². The highest BCUT2D eigenvalue weighted by Crippen LogP contribution is 2.22. The summed E-state index contributed by atoms with van der Waals surface area (Å²) in [5.41, 5.74) is 1.85. The molecular weight excluding hydrogens is 366 g/mol. The second kappa shape index (κ2) is 9.55. The molecular formula is C24H23NO4. The minimum absolute atomic E-state index is 0.158. The van der Waals surface area contributed by atoms with E-state index in [2.05, 4.69) is 5.32 Å². The molecule has 0 bridgehead atoms. The van der Waals surface area contributed by atoms with Crippen molar-refractivity contribution < 1.29 is 19.1 Å². The number of amides is 1. The highest BCUT2D eigenvalue weighted by molar-refractivity contribution is 5.91. The second-order valence-corrected chi connectivity index (χ2v) is 6.61. The molecule has 0 fully saturated rings. The first kappa shape index (κ1) is 20.1. The first-order chi connectivity index (χ1) is 14.0. The minimum Gasteiger partial charge on any atom is -0.497 e. The van der Waals surface area contributed by atoms with E-state index in [-0.39, 0.29) is 18.6 Å². The Hall–Kier alpha value is -3.60. The van der Waals surface area contributed by atoms with Gasteiger partial charge >= 0.3 is 5.97 Å². The molecule has 5 heteroatoms. The van der Waals surface area contributed by atoms with Crippen molar-refractivity contribution >= 4 is 28.7 Å². The van der Waals surface area contributed by atoms with E-state index in [1.54, 1.807) is 13.2 Å². The lowest BCUT2D eigenvalue weighted by Gasteiger charge is -2.13. The lowest BCUT2D eigenvalue weighted by atomic mass is 10.1. The van der Waals surface area contributed by atoms with Crippen LogP contribution in [-0.4, -0.2) is 25.6 Å². The zero-order valence-electron chi connectivity index (χ0n) is 16.4. The van der Waals surface area contributed by atoms with Crippen molar-refractivity contribution in [1.82, 2.24) is 5.32 Å². The van der Waals surface area contributed by atoms with Crippen LogP contribution in [0.15, 0.2) is 72.8 Å². The molecule has 1 atom stereocenters. The van der Waals surface area contributed by atoms with Crippen LogP contribution in [0.4, 0.5) is 0 Å². The summed E-state index contributed by atoms with van der Waals surface area (Å²) in [6.07, 6.45) is 2.98. The number of methoxy groups -OCH3 is 1. The third-order valence-corrected chi connectivity index (χ3v) is 4.51. The number of carbonyl (C=O) groups is 2. The van der Waals surface area contributed by atoms with Gasteiger partial charge in [-0.25, -0.2) is 4.79 Å². The third-order valence-electron chi connectivity index (χ3n) is 4.51. The molecule has 5 nitrogen and oxygen atoms in total. The topological polar surface area (TPSA) is 64.6 Å². The Labute approximate surface area is 170 Å². The van der Waals surface area contributed by atoms with E-state index < -0.39 is 5.97 Å². The normalized spacial score (nSPS) is 11.9. The highest BCUT2D eigenvalue weighted by atomic mass is 16.5. The van der Waals surface area contributed by atoms with Crippen molar-refractivity contribution in [3.63, 3.8) is 0 Å². The molecule has 0 radical (unpaired) electrons. The standard InChI is InChI=1S/C24H23NO4/c1-17(19-6-4-3-5-7-19)25-23(26)16-29-24(27)13-9-18-8-10-21-15-22(28-2)12-11-20(21)14-18/h3-15,17H,16H2,1-2H3,(H,25,26)/b13-9+/t17-/m0/s1. The van der Waals surface area contributed by atoms with Gasteiger partial charge in [-0.1, -0.05) is 48.5 Å². The summed E-state index contributed by atoms with van der Waals surface area (Å²) >= 11 is 0. The smallest absolute Gasteiger partial charge is 0.331 e. The molecule has 0 heterocycles. The molecule has 0 saturated carbocycles. The van der Waals surface area contributed by atoms with Crippen molar-refractivity contribution in [3.8, 4) is 5.75 Å². The summed E-state index contributed by atoms with van der Waals surface area (Å²) in [5, 5.41) is 4.89. The van der Waals surface area contributed by atoms with Gasteiger partial charge < -0.3 is 14.8 Å². The Bertz CT molecular complexity index is 1030. The fourth-order valence-electron chi connectivity index (χ4n) is 2.93. The predicted octanol–water partition coefficient (Wildman–Crippen LogP) is 4.28. The second-order valence-electron chi connectivity index (χ2n) is 6.61. The molecule has 1 N–H and O–H groups in total. The summed E-state index contributed by atoms with van der Waals surface area (Å²) in [4.78, 5) is 23.9. The van der Waals surface area contributed by atoms with Crippen molar-refractivity contribution in [2.24, 2.45) is 0 Å². The summed E-state index contributed by atoms with van der Waals surface area (Å²) in [6, 6.07) is 21.1. The van der Waals surface area contributed by atoms with Gasteiger partial charge in [0.25, 0.3) is 5.91 Å². The van der Waals surface area contributed by atoms with Crippen LogP contribution < -0.4 is 10.1 Å². The zero-order chi connectivity index (χ0) is 20.6. The van der Waals surface area contributed by atoms with Crippen molar-refractivity contribution in [2.45, 2.75) is 13.0 Å². The highest BCUT2D eigenvalue weighted by Gasteiger charge is 2.10.